The molecule has 0 radical (unpaired) electrons. The highest BCUT2D eigenvalue weighted by Crippen LogP contribution is 2.51. The van der Waals surface area contributed by atoms with Gasteiger partial charge in [0.15, 0.2) is 0 Å². The van der Waals surface area contributed by atoms with E-state index in [1.54, 1.807) is 0 Å². The number of likely N-dealkylation sites (tertiary alicyclic amines) is 1. The number of aliphatic carboxylic acids is 1. The lowest BCUT2D eigenvalue weighted by Crippen LogP contribution is -2.56. The number of nitrogens with two attached hydrogens (primary N) is 1. The number of primary amides is 1. The lowest BCUT2D eigenvalue weighted by atomic mass is 9.76. The van der Waals surface area contributed by atoms with Crippen LogP contribution in [0.25, 0.3) is 10.8 Å². The molecule has 2 heterocycles. The summed E-state index contributed by atoms with van der Waals surface area (Å²) in [6.45, 7) is 2.42. The molecule has 2 aliphatic rings. The number of fused-ring (bicyclic) bond motifs is 2. The second-order valence-electron chi connectivity index (χ2n) is 9.05. The van der Waals surface area contributed by atoms with Gasteiger partial charge in [0.05, 0.1) is 11.8 Å². The van der Waals surface area contributed by atoms with Crippen LogP contribution in [0, 0.1) is 11.8 Å². The molecule has 0 spiro atoms. The van der Waals surface area contributed by atoms with Gasteiger partial charge in [0, 0.05) is 19.1 Å². The maximum absolute atomic E-state index is 13.6. The number of unbranched alkanes of at least 4 members (excludes halogenated alkanes) is 1. The van der Waals surface area contributed by atoms with Crippen molar-refractivity contribution < 1.29 is 24.3 Å². The maximum Gasteiger partial charge on any atom is 0.324 e. The Kier molecular flexibility index (Phi) is 6.56. The molecule has 2 saturated heterocycles. The van der Waals surface area contributed by atoms with Crippen molar-refractivity contribution in [2.24, 2.45) is 17.6 Å². The fourth-order valence-electron chi connectivity index (χ4n) is 5.50. The smallest absolute Gasteiger partial charge is 0.324 e. The molecule has 4 amide bonds. The first-order valence-corrected chi connectivity index (χ1v) is 11.7. The molecule has 5 N–H and O–H groups in total. The van der Waals surface area contributed by atoms with Crippen LogP contribution in [0.3, 0.4) is 0 Å². The van der Waals surface area contributed by atoms with Crippen LogP contribution in [0.15, 0.2) is 42.5 Å². The van der Waals surface area contributed by atoms with E-state index in [4.69, 9.17) is 5.73 Å². The summed E-state index contributed by atoms with van der Waals surface area (Å²) in [5.41, 5.74) is 4.29. The molecule has 4 atom stereocenters. The highest BCUT2D eigenvalue weighted by molar-refractivity contribution is 6.09. The SMILES string of the molecule is CCCCN1C(=O)C2C(c3cccc4ccccc34)NC(CCCNC(N)=O)(C(=O)O)C2C1=O. The third-order valence-electron chi connectivity index (χ3n) is 7.07. The van der Waals surface area contributed by atoms with E-state index in [-0.39, 0.29) is 31.8 Å². The minimum Gasteiger partial charge on any atom is -0.480 e. The number of carbonyl (C=O) groups excluding carboxylic acids is 3. The molecule has 180 valence electrons. The summed E-state index contributed by atoms with van der Waals surface area (Å²) in [5, 5.41) is 18.0. The van der Waals surface area contributed by atoms with Crippen molar-refractivity contribution >= 4 is 34.6 Å². The second kappa shape index (κ2) is 9.42. The van der Waals surface area contributed by atoms with Gasteiger partial charge >= 0.3 is 12.0 Å². The molecule has 2 fully saturated rings. The van der Waals surface area contributed by atoms with E-state index in [1.807, 2.05) is 49.4 Å². The zero-order valence-electron chi connectivity index (χ0n) is 19.1. The van der Waals surface area contributed by atoms with Crippen molar-refractivity contribution in [3.63, 3.8) is 0 Å². The van der Waals surface area contributed by atoms with Crippen LogP contribution in [0.1, 0.15) is 44.2 Å². The summed E-state index contributed by atoms with van der Waals surface area (Å²) in [6, 6.07) is 12.1. The van der Waals surface area contributed by atoms with E-state index in [0.717, 1.165) is 22.8 Å². The summed E-state index contributed by atoms with van der Waals surface area (Å²) < 4.78 is 0. The summed E-state index contributed by atoms with van der Waals surface area (Å²) in [7, 11) is 0. The highest BCUT2D eigenvalue weighted by atomic mass is 16.4. The zero-order valence-corrected chi connectivity index (χ0v) is 19.1. The molecule has 34 heavy (non-hydrogen) atoms. The molecule has 0 aromatic heterocycles. The van der Waals surface area contributed by atoms with Crippen molar-refractivity contribution in [2.75, 3.05) is 13.1 Å². The first-order chi connectivity index (χ1) is 16.3. The molecular formula is C25H30N4O5. The van der Waals surface area contributed by atoms with Gasteiger partial charge in [-0.2, -0.15) is 0 Å². The largest absolute Gasteiger partial charge is 0.480 e. The van der Waals surface area contributed by atoms with Gasteiger partial charge in [-0.15, -0.1) is 0 Å². The molecule has 0 bridgehead atoms. The van der Waals surface area contributed by atoms with Crippen molar-refractivity contribution in [2.45, 2.75) is 44.2 Å². The van der Waals surface area contributed by atoms with Crippen LogP contribution in [-0.2, 0) is 14.4 Å². The molecule has 0 aliphatic carbocycles. The Bertz CT molecular complexity index is 1130. The Morgan fingerprint density at radius 1 is 1.12 bits per heavy atom. The van der Waals surface area contributed by atoms with Crippen molar-refractivity contribution in [3.8, 4) is 0 Å². The Balaban J connectivity index is 1.79. The number of hydrogen-bond acceptors (Lipinski definition) is 5. The molecular weight excluding hydrogens is 436 g/mol. The lowest BCUT2D eigenvalue weighted by Gasteiger charge is -2.31. The molecule has 2 aliphatic heterocycles. The van der Waals surface area contributed by atoms with E-state index >= 15 is 0 Å². The molecule has 0 saturated carbocycles. The highest BCUT2D eigenvalue weighted by Gasteiger charge is 2.68. The molecule has 9 heteroatoms. The van der Waals surface area contributed by atoms with Crippen LogP contribution in [0.4, 0.5) is 4.79 Å². The number of nitrogens with zero attached hydrogens (tertiary/aromatic N) is 1. The minimum atomic E-state index is -1.64. The maximum atomic E-state index is 13.6. The number of carboxylic acid groups (broad SMARTS) is 1. The fourth-order valence-corrected chi connectivity index (χ4v) is 5.50. The number of hydrogen-bond donors (Lipinski definition) is 4. The van der Waals surface area contributed by atoms with Crippen molar-refractivity contribution in [1.82, 2.24) is 15.5 Å². The van der Waals surface area contributed by atoms with E-state index in [9.17, 15) is 24.3 Å². The molecule has 4 rings (SSSR count). The van der Waals surface area contributed by atoms with Gasteiger partial charge in [-0.25, -0.2) is 4.79 Å². The molecule has 4 unspecified atom stereocenters. The van der Waals surface area contributed by atoms with Gasteiger partial charge in [-0.1, -0.05) is 55.8 Å². The quantitative estimate of drug-likeness (QED) is 0.330. The number of rotatable bonds is 9. The normalized spacial score (nSPS) is 26.1. The number of urea groups is 1. The van der Waals surface area contributed by atoms with E-state index in [0.29, 0.717) is 6.42 Å². The summed E-state index contributed by atoms with van der Waals surface area (Å²) in [5.74, 6) is -3.80. The minimum absolute atomic E-state index is 0.0612. The zero-order chi connectivity index (χ0) is 24.5. The third-order valence-corrected chi connectivity index (χ3v) is 7.07. The van der Waals surface area contributed by atoms with Crippen LogP contribution in [-0.4, -0.2) is 52.4 Å². The Morgan fingerprint density at radius 2 is 1.85 bits per heavy atom. The third kappa shape index (κ3) is 3.90. The van der Waals surface area contributed by atoms with Crippen LogP contribution >= 0.6 is 0 Å². The van der Waals surface area contributed by atoms with Crippen LogP contribution in [0.2, 0.25) is 0 Å². The number of benzene rings is 2. The Labute approximate surface area is 197 Å². The van der Waals surface area contributed by atoms with Crippen LogP contribution < -0.4 is 16.4 Å². The molecule has 9 nitrogen and oxygen atoms in total. The first kappa shape index (κ1) is 23.7. The summed E-state index contributed by atoms with van der Waals surface area (Å²) >= 11 is 0. The number of amides is 4. The molecule has 2 aromatic carbocycles. The number of imide groups is 1. The first-order valence-electron chi connectivity index (χ1n) is 11.7. The summed E-state index contributed by atoms with van der Waals surface area (Å²) in [4.78, 5) is 52.1. The number of nitrogens with one attached hydrogen (secondary N) is 2. The monoisotopic (exact) mass is 466 g/mol. The van der Waals surface area contributed by atoms with Gasteiger partial charge < -0.3 is 16.2 Å². The predicted molar refractivity (Wildman–Crippen MR) is 126 cm³/mol. The van der Waals surface area contributed by atoms with Gasteiger partial charge in [0.1, 0.15) is 5.54 Å². The van der Waals surface area contributed by atoms with Gasteiger partial charge in [0.2, 0.25) is 11.8 Å². The average molecular weight is 467 g/mol. The summed E-state index contributed by atoms with van der Waals surface area (Å²) in [6.07, 6.45) is 1.81. The van der Waals surface area contributed by atoms with Crippen molar-refractivity contribution in [3.05, 3.63) is 48.0 Å². The lowest BCUT2D eigenvalue weighted by molar-refractivity contribution is -0.151. The van der Waals surface area contributed by atoms with Gasteiger partial charge in [-0.3, -0.25) is 24.6 Å². The Morgan fingerprint density at radius 3 is 2.56 bits per heavy atom. The standard InChI is InChI=1S/C25H30N4O5/c1-2-3-14-29-21(30)18-19(22(29)31)25(23(32)33,12-7-13-27-24(26)34)28-20(18)17-11-6-9-15-8-4-5-10-16(15)17/h4-6,8-11,18-20,28H,2-3,7,12-14H2,1H3,(H,32,33)(H3,26,27,34). The predicted octanol–water partition coefficient (Wildman–Crippen LogP) is 2.16. The van der Waals surface area contributed by atoms with Crippen LogP contribution in [0.5, 0.6) is 0 Å². The Hall–Kier alpha value is -3.46. The molecule has 2 aromatic rings. The number of carboxylic acids is 1. The fraction of sp³-hybridized carbons (Fsp3) is 0.440. The van der Waals surface area contributed by atoms with Crippen molar-refractivity contribution in [1.29, 1.82) is 0 Å². The average Bonchev–Trinajstić information content (AvgIpc) is 3.29. The second-order valence-corrected chi connectivity index (χ2v) is 9.05. The van der Waals surface area contributed by atoms with E-state index in [1.165, 1.54) is 4.90 Å². The number of carbonyl (C=O) groups is 4. The van der Waals surface area contributed by atoms with E-state index in [2.05, 4.69) is 10.6 Å². The van der Waals surface area contributed by atoms with Gasteiger partial charge in [-0.05, 0) is 35.6 Å². The van der Waals surface area contributed by atoms with E-state index < -0.39 is 41.3 Å². The van der Waals surface area contributed by atoms with Gasteiger partial charge in [0.25, 0.3) is 0 Å². The topological polar surface area (TPSA) is 142 Å².